The van der Waals surface area contributed by atoms with Crippen molar-refractivity contribution in [3.8, 4) is 0 Å². The van der Waals surface area contributed by atoms with Crippen molar-refractivity contribution in [2.24, 2.45) is 11.7 Å². The molecule has 0 aliphatic rings. The number of anilines is 2. The van der Waals surface area contributed by atoms with Crippen LogP contribution in [-0.4, -0.2) is 33.9 Å². The molecule has 7 nitrogen and oxygen atoms in total. The van der Waals surface area contributed by atoms with E-state index in [2.05, 4.69) is 15.0 Å². The molecule has 4 N–H and O–H groups in total. The Balaban J connectivity index is 2.98. The van der Waals surface area contributed by atoms with Gasteiger partial charge in [0.1, 0.15) is 0 Å². The number of primary amides is 1. The van der Waals surface area contributed by atoms with Crippen LogP contribution in [0.4, 0.5) is 11.9 Å². The molecule has 0 fully saturated rings. The lowest BCUT2D eigenvalue weighted by atomic mass is 10.2. The number of nitrogens with zero attached hydrogens (tertiary/aromatic N) is 4. The van der Waals surface area contributed by atoms with Gasteiger partial charge in [-0.25, -0.2) is 0 Å². The zero-order valence-electron chi connectivity index (χ0n) is 9.72. The van der Waals surface area contributed by atoms with E-state index in [1.165, 1.54) is 0 Å². The third-order valence-corrected chi connectivity index (χ3v) is 2.00. The Morgan fingerprint density at radius 2 is 2.06 bits per heavy atom. The molecule has 1 aromatic rings. The number of nitrogen functional groups attached to an aromatic ring is 1. The molecule has 0 saturated heterocycles. The third kappa shape index (κ3) is 4.39. The van der Waals surface area contributed by atoms with Crippen LogP contribution in [0.1, 0.15) is 13.8 Å². The number of hydrogen-bond donors (Lipinski definition) is 2. The van der Waals surface area contributed by atoms with Gasteiger partial charge in [-0.2, -0.15) is 15.0 Å². The first-order valence-electron chi connectivity index (χ1n) is 5.08. The molecular formula is C9H15ClN6O. The van der Waals surface area contributed by atoms with E-state index < -0.39 is 5.91 Å². The van der Waals surface area contributed by atoms with Gasteiger partial charge in [0.05, 0.1) is 6.54 Å². The van der Waals surface area contributed by atoms with Crippen molar-refractivity contribution in [2.75, 3.05) is 23.7 Å². The Bertz CT molecular complexity index is 390. The van der Waals surface area contributed by atoms with Gasteiger partial charge in [-0.3, -0.25) is 4.79 Å². The summed E-state index contributed by atoms with van der Waals surface area (Å²) in [4.78, 5) is 24.1. The molecule has 17 heavy (non-hydrogen) atoms. The lowest BCUT2D eigenvalue weighted by molar-refractivity contribution is -0.116. The van der Waals surface area contributed by atoms with Gasteiger partial charge in [-0.15, -0.1) is 0 Å². The standard InChI is InChI=1S/C9H15ClN6O/c1-5(2)3-16(4-6(11)17)9-14-7(10)13-8(12)15-9/h5H,3-4H2,1-2H3,(H2,11,17)(H2,12,13,14,15). The fourth-order valence-corrected chi connectivity index (χ4v) is 1.50. The van der Waals surface area contributed by atoms with E-state index in [0.717, 1.165) is 0 Å². The minimum atomic E-state index is -0.472. The molecule has 0 aliphatic carbocycles. The van der Waals surface area contributed by atoms with Gasteiger partial charge in [-0.05, 0) is 17.5 Å². The molecule has 0 atom stereocenters. The largest absolute Gasteiger partial charge is 0.368 e. The Labute approximate surface area is 104 Å². The molecule has 1 amide bonds. The molecule has 0 unspecified atom stereocenters. The first-order chi connectivity index (χ1) is 7.88. The molecule has 94 valence electrons. The van der Waals surface area contributed by atoms with E-state index in [-0.39, 0.29) is 23.7 Å². The number of rotatable bonds is 5. The minimum Gasteiger partial charge on any atom is -0.368 e. The Kier molecular flexibility index (Phi) is 4.45. The minimum absolute atomic E-state index is 0.00859. The molecule has 1 rings (SSSR count). The predicted molar refractivity (Wildman–Crippen MR) is 65.5 cm³/mol. The van der Waals surface area contributed by atoms with Gasteiger partial charge in [0.15, 0.2) is 0 Å². The van der Waals surface area contributed by atoms with Crippen LogP contribution in [0.25, 0.3) is 0 Å². The predicted octanol–water partition coefficient (Wildman–Crippen LogP) is 0.0549. The summed E-state index contributed by atoms with van der Waals surface area (Å²) in [7, 11) is 0. The fourth-order valence-electron chi connectivity index (χ4n) is 1.34. The van der Waals surface area contributed by atoms with Crippen molar-refractivity contribution in [3.63, 3.8) is 0 Å². The zero-order valence-corrected chi connectivity index (χ0v) is 10.5. The lowest BCUT2D eigenvalue weighted by Crippen LogP contribution is -2.37. The van der Waals surface area contributed by atoms with Gasteiger partial charge in [0.2, 0.25) is 23.1 Å². The van der Waals surface area contributed by atoms with E-state index in [4.69, 9.17) is 23.1 Å². The summed E-state index contributed by atoms with van der Waals surface area (Å²) in [6.45, 7) is 4.58. The van der Waals surface area contributed by atoms with Gasteiger partial charge in [-0.1, -0.05) is 13.8 Å². The van der Waals surface area contributed by atoms with Crippen molar-refractivity contribution in [1.82, 2.24) is 15.0 Å². The van der Waals surface area contributed by atoms with Crippen LogP contribution in [0.15, 0.2) is 0 Å². The van der Waals surface area contributed by atoms with Crippen LogP contribution in [-0.2, 0) is 4.79 Å². The summed E-state index contributed by atoms with van der Waals surface area (Å²) >= 11 is 5.68. The van der Waals surface area contributed by atoms with E-state index in [0.29, 0.717) is 12.5 Å². The molecule has 0 aromatic carbocycles. The molecule has 0 saturated carbocycles. The zero-order chi connectivity index (χ0) is 13.0. The second-order valence-corrected chi connectivity index (χ2v) is 4.34. The van der Waals surface area contributed by atoms with E-state index in [9.17, 15) is 4.79 Å². The second-order valence-electron chi connectivity index (χ2n) is 4.00. The molecule has 8 heteroatoms. The summed E-state index contributed by atoms with van der Waals surface area (Å²) in [6, 6.07) is 0. The maximum absolute atomic E-state index is 11.0. The molecule has 0 spiro atoms. The van der Waals surface area contributed by atoms with E-state index in [1.54, 1.807) is 4.90 Å². The van der Waals surface area contributed by atoms with Gasteiger partial charge in [0, 0.05) is 6.54 Å². The van der Waals surface area contributed by atoms with Crippen LogP contribution in [0.2, 0.25) is 5.28 Å². The number of aromatic nitrogens is 3. The average Bonchev–Trinajstić information content (AvgIpc) is 2.13. The summed E-state index contributed by atoms with van der Waals surface area (Å²) in [5.74, 6) is 0.111. The highest BCUT2D eigenvalue weighted by molar-refractivity contribution is 6.28. The maximum Gasteiger partial charge on any atom is 0.237 e. The van der Waals surface area contributed by atoms with Crippen LogP contribution in [0.5, 0.6) is 0 Å². The first-order valence-corrected chi connectivity index (χ1v) is 5.46. The smallest absolute Gasteiger partial charge is 0.237 e. The topological polar surface area (TPSA) is 111 Å². The molecule has 0 bridgehead atoms. The SMILES string of the molecule is CC(C)CN(CC(N)=O)c1nc(N)nc(Cl)n1. The number of amides is 1. The summed E-state index contributed by atoms with van der Waals surface area (Å²) < 4.78 is 0. The van der Waals surface area contributed by atoms with Gasteiger partial charge < -0.3 is 16.4 Å². The van der Waals surface area contributed by atoms with Gasteiger partial charge in [0.25, 0.3) is 0 Å². The number of hydrogen-bond acceptors (Lipinski definition) is 6. The Morgan fingerprint density at radius 3 is 2.53 bits per heavy atom. The Morgan fingerprint density at radius 1 is 1.41 bits per heavy atom. The van der Waals surface area contributed by atoms with Crippen molar-refractivity contribution >= 4 is 29.4 Å². The highest BCUT2D eigenvalue weighted by Gasteiger charge is 2.15. The van der Waals surface area contributed by atoms with Crippen LogP contribution >= 0.6 is 11.6 Å². The van der Waals surface area contributed by atoms with Crippen molar-refractivity contribution in [3.05, 3.63) is 5.28 Å². The molecule has 1 heterocycles. The van der Waals surface area contributed by atoms with Crippen LogP contribution < -0.4 is 16.4 Å². The second kappa shape index (κ2) is 5.62. The summed E-state index contributed by atoms with van der Waals surface area (Å²) in [6.07, 6.45) is 0. The lowest BCUT2D eigenvalue weighted by Gasteiger charge is -2.22. The highest BCUT2D eigenvalue weighted by Crippen LogP contribution is 2.13. The molecule has 0 aliphatic heterocycles. The van der Waals surface area contributed by atoms with Crippen molar-refractivity contribution in [2.45, 2.75) is 13.8 Å². The van der Waals surface area contributed by atoms with E-state index >= 15 is 0 Å². The van der Waals surface area contributed by atoms with Crippen molar-refractivity contribution < 1.29 is 4.79 Å². The monoisotopic (exact) mass is 258 g/mol. The first kappa shape index (κ1) is 13.4. The molecule has 0 radical (unpaired) electrons. The summed E-state index contributed by atoms with van der Waals surface area (Å²) in [5, 5.41) is -0.00859. The Hall–Kier alpha value is -1.63. The third-order valence-electron chi connectivity index (χ3n) is 1.83. The normalized spacial score (nSPS) is 10.6. The number of carbonyl (C=O) groups is 1. The summed E-state index contributed by atoms with van der Waals surface area (Å²) in [5.41, 5.74) is 10.6. The molecule has 1 aromatic heterocycles. The fraction of sp³-hybridized carbons (Fsp3) is 0.556. The number of carbonyl (C=O) groups excluding carboxylic acids is 1. The number of halogens is 1. The molecular weight excluding hydrogens is 244 g/mol. The van der Waals surface area contributed by atoms with Crippen LogP contribution in [0.3, 0.4) is 0 Å². The average molecular weight is 259 g/mol. The van der Waals surface area contributed by atoms with Gasteiger partial charge >= 0.3 is 0 Å². The highest BCUT2D eigenvalue weighted by atomic mass is 35.5. The maximum atomic E-state index is 11.0. The van der Waals surface area contributed by atoms with Crippen LogP contribution in [0, 0.1) is 5.92 Å². The number of nitrogens with two attached hydrogens (primary N) is 2. The van der Waals surface area contributed by atoms with Crippen molar-refractivity contribution in [1.29, 1.82) is 0 Å². The van der Waals surface area contributed by atoms with E-state index in [1.807, 2.05) is 13.8 Å². The quantitative estimate of drug-likeness (QED) is 0.772.